The van der Waals surface area contributed by atoms with Crippen LogP contribution in [-0.2, 0) is 6.42 Å². The molecule has 5 N–H and O–H groups in total. The van der Waals surface area contributed by atoms with Crippen molar-refractivity contribution in [2.45, 2.75) is 19.4 Å². The van der Waals surface area contributed by atoms with Crippen LogP contribution in [0.25, 0.3) is 0 Å². The van der Waals surface area contributed by atoms with E-state index >= 15 is 0 Å². The Labute approximate surface area is 118 Å². The molecule has 4 heteroatoms. The maximum atomic E-state index is 11.2. The van der Waals surface area contributed by atoms with Crippen LogP contribution >= 0.6 is 0 Å². The summed E-state index contributed by atoms with van der Waals surface area (Å²) in [5.74, 6) is -0.455. The molecule has 1 atom stereocenters. The smallest absolute Gasteiger partial charge is 0.248 e. The van der Waals surface area contributed by atoms with Gasteiger partial charge in [-0.3, -0.25) is 4.79 Å². The van der Waals surface area contributed by atoms with Crippen LogP contribution in [0.3, 0.4) is 0 Å². The second kappa shape index (κ2) is 6.10. The van der Waals surface area contributed by atoms with E-state index in [0.29, 0.717) is 11.3 Å². The molecule has 2 aromatic rings. The van der Waals surface area contributed by atoms with Crippen molar-refractivity contribution in [1.29, 1.82) is 0 Å². The van der Waals surface area contributed by atoms with Gasteiger partial charge in [-0.15, -0.1) is 0 Å². The number of amides is 1. The molecular formula is C16H19N3O. The first-order valence-corrected chi connectivity index (χ1v) is 6.56. The summed E-state index contributed by atoms with van der Waals surface area (Å²) in [4.78, 5) is 11.2. The normalized spacial score (nSPS) is 11.8. The van der Waals surface area contributed by atoms with Crippen molar-refractivity contribution in [3.63, 3.8) is 0 Å². The molecule has 20 heavy (non-hydrogen) atoms. The van der Waals surface area contributed by atoms with Crippen molar-refractivity contribution in [3.05, 3.63) is 59.7 Å². The standard InChI is InChI=1S/C16H19N3O/c1-11(9-12-5-3-2-4-6-12)19-15-10-13(16(18)20)7-8-14(15)17/h2-8,10-11,19H,9,17H2,1H3,(H2,18,20). The Morgan fingerprint density at radius 2 is 1.90 bits per heavy atom. The SMILES string of the molecule is CC(Cc1ccccc1)Nc1cc(C(N)=O)ccc1N. The van der Waals surface area contributed by atoms with Crippen molar-refractivity contribution in [3.8, 4) is 0 Å². The molecule has 2 rings (SSSR count). The molecule has 0 fully saturated rings. The van der Waals surface area contributed by atoms with Gasteiger partial charge in [0, 0.05) is 11.6 Å². The average Bonchev–Trinajstić information content (AvgIpc) is 2.42. The number of carbonyl (C=O) groups is 1. The Balaban J connectivity index is 2.09. The van der Waals surface area contributed by atoms with E-state index in [-0.39, 0.29) is 6.04 Å². The fourth-order valence-corrected chi connectivity index (χ4v) is 2.12. The number of rotatable bonds is 5. The third-order valence-electron chi connectivity index (χ3n) is 3.12. The van der Waals surface area contributed by atoms with Gasteiger partial charge in [-0.1, -0.05) is 30.3 Å². The van der Waals surface area contributed by atoms with Crippen molar-refractivity contribution < 1.29 is 4.79 Å². The first-order chi connectivity index (χ1) is 9.56. The van der Waals surface area contributed by atoms with Crippen LogP contribution in [0.2, 0.25) is 0 Å². The fraction of sp³-hybridized carbons (Fsp3) is 0.188. The average molecular weight is 269 g/mol. The number of nitrogens with one attached hydrogen (secondary N) is 1. The number of nitrogens with two attached hydrogens (primary N) is 2. The lowest BCUT2D eigenvalue weighted by molar-refractivity contribution is 0.100. The number of primary amides is 1. The lowest BCUT2D eigenvalue weighted by atomic mass is 10.1. The van der Waals surface area contributed by atoms with Crippen molar-refractivity contribution in [2.24, 2.45) is 5.73 Å². The second-order valence-corrected chi connectivity index (χ2v) is 4.90. The summed E-state index contributed by atoms with van der Waals surface area (Å²) < 4.78 is 0. The molecule has 4 nitrogen and oxygen atoms in total. The zero-order valence-corrected chi connectivity index (χ0v) is 11.5. The minimum Gasteiger partial charge on any atom is -0.397 e. The van der Waals surface area contributed by atoms with E-state index in [1.807, 2.05) is 18.2 Å². The van der Waals surface area contributed by atoms with Crippen LogP contribution in [0, 0.1) is 0 Å². The highest BCUT2D eigenvalue weighted by Gasteiger charge is 2.08. The molecular weight excluding hydrogens is 250 g/mol. The van der Waals surface area contributed by atoms with E-state index in [0.717, 1.165) is 12.1 Å². The van der Waals surface area contributed by atoms with E-state index in [1.165, 1.54) is 5.56 Å². The summed E-state index contributed by atoms with van der Waals surface area (Å²) in [6, 6.07) is 15.4. The molecule has 0 saturated carbocycles. The van der Waals surface area contributed by atoms with Crippen LogP contribution in [0.5, 0.6) is 0 Å². The van der Waals surface area contributed by atoms with Crippen molar-refractivity contribution in [1.82, 2.24) is 0 Å². The molecule has 0 heterocycles. The van der Waals surface area contributed by atoms with Crippen molar-refractivity contribution in [2.75, 3.05) is 11.1 Å². The number of carbonyl (C=O) groups excluding carboxylic acids is 1. The van der Waals surface area contributed by atoms with Gasteiger partial charge in [0.15, 0.2) is 0 Å². The van der Waals surface area contributed by atoms with E-state index in [9.17, 15) is 4.79 Å². The highest BCUT2D eigenvalue weighted by molar-refractivity contribution is 5.94. The Hall–Kier alpha value is -2.49. The lowest BCUT2D eigenvalue weighted by Crippen LogP contribution is -2.20. The zero-order valence-electron chi connectivity index (χ0n) is 11.5. The maximum absolute atomic E-state index is 11.2. The molecule has 0 aliphatic heterocycles. The van der Waals surface area contributed by atoms with Gasteiger partial charge in [0.2, 0.25) is 5.91 Å². The summed E-state index contributed by atoms with van der Waals surface area (Å²) in [7, 11) is 0. The van der Waals surface area contributed by atoms with E-state index in [2.05, 4.69) is 24.4 Å². The Bertz CT molecular complexity index is 596. The van der Waals surface area contributed by atoms with Gasteiger partial charge in [-0.2, -0.15) is 0 Å². The summed E-state index contributed by atoms with van der Waals surface area (Å²) in [6.07, 6.45) is 0.876. The summed E-state index contributed by atoms with van der Waals surface area (Å²) in [5, 5.41) is 3.32. The first kappa shape index (κ1) is 13.9. The first-order valence-electron chi connectivity index (χ1n) is 6.56. The van der Waals surface area contributed by atoms with Gasteiger partial charge in [-0.05, 0) is 37.1 Å². The molecule has 0 spiro atoms. The topological polar surface area (TPSA) is 81.1 Å². The van der Waals surface area contributed by atoms with E-state index in [1.54, 1.807) is 18.2 Å². The van der Waals surface area contributed by atoms with Gasteiger partial charge in [0.05, 0.1) is 11.4 Å². The minimum atomic E-state index is -0.455. The highest BCUT2D eigenvalue weighted by Crippen LogP contribution is 2.21. The Morgan fingerprint density at radius 1 is 1.20 bits per heavy atom. The van der Waals surface area contributed by atoms with E-state index < -0.39 is 5.91 Å². The third kappa shape index (κ3) is 3.51. The minimum absolute atomic E-state index is 0.197. The second-order valence-electron chi connectivity index (χ2n) is 4.90. The van der Waals surface area contributed by atoms with Crippen LogP contribution in [0.15, 0.2) is 48.5 Å². The fourth-order valence-electron chi connectivity index (χ4n) is 2.12. The molecule has 0 saturated heterocycles. The number of nitrogen functional groups attached to an aromatic ring is 1. The van der Waals surface area contributed by atoms with Crippen LogP contribution in [-0.4, -0.2) is 11.9 Å². The molecule has 104 valence electrons. The Morgan fingerprint density at radius 3 is 2.55 bits per heavy atom. The molecule has 0 aliphatic rings. The van der Waals surface area contributed by atoms with Gasteiger partial charge in [0.25, 0.3) is 0 Å². The largest absolute Gasteiger partial charge is 0.397 e. The summed E-state index contributed by atoms with van der Waals surface area (Å²) >= 11 is 0. The maximum Gasteiger partial charge on any atom is 0.248 e. The molecule has 1 amide bonds. The predicted octanol–water partition coefficient (Wildman–Crippen LogP) is 2.41. The molecule has 0 aliphatic carbocycles. The van der Waals surface area contributed by atoms with E-state index in [4.69, 9.17) is 11.5 Å². The number of hydrogen-bond acceptors (Lipinski definition) is 3. The van der Waals surface area contributed by atoms with Crippen LogP contribution < -0.4 is 16.8 Å². The molecule has 0 radical (unpaired) electrons. The molecule has 1 unspecified atom stereocenters. The monoisotopic (exact) mass is 269 g/mol. The third-order valence-corrected chi connectivity index (χ3v) is 3.12. The number of anilines is 2. The molecule has 2 aromatic carbocycles. The molecule has 0 bridgehead atoms. The Kier molecular flexibility index (Phi) is 4.25. The van der Waals surface area contributed by atoms with Crippen molar-refractivity contribution >= 4 is 17.3 Å². The lowest BCUT2D eigenvalue weighted by Gasteiger charge is -2.17. The van der Waals surface area contributed by atoms with Crippen LogP contribution in [0.1, 0.15) is 22.8 Å². The summed E-state index contributed by atoms with van der Waals surface area (Å²) in [5.41, 5.74) is 14.2. The number of benzene rings is 2. The van der Waals surface area contributed by atoms with Gasteiger partial charge in [-0.25, -0.2) is 0 Å². The highest BCUT2D eigenvalue weighted by atomic mass is 16.1. The predicted molar refractivity (Wildman–Crippen MR) is 82.6 cm³/mol. The van der Waals surface area contributed by atoms with Crippen LogP contribution in [0.4, 0.5) is 11.4 Å². The van der Waals surface area contributed by atoms with Gasteiger partial charge < -0.3 is 16.8 Å². The zero-order chi connectivity index (χ0) is 14.5. The number of hydrogen-bond donors (Lipinski definition) is 3. The van der Waals surface area contributed by atoms with Gasteiger partial charge in [0.1, 0.15) is 0 Å². The quantitative estimate of drug-likeness (QED) is 0.729. The summed E-state index contributed by atoms with van der Waals surface area (Å²) in [6.45, 7) is 2.07. The molecule has 0 aromatic heterocycles. The van der Waals surface area contributed by atoms with Gasteiger partial charge >= 0.3 is 0 Å².